The molecule has 1 fully saturated rings. The molecule has 1 saturated heterocycles. The van der Waals surface area contributed by atoms with Gasteiger partial charge >= 0.3 is 12.5 Å². The Labute approximate surface area is 185 Å². The number of rotatable bonds is 4. The minimum Gasteiger partial charge on any atom is -0.494 e. The molecule has 3 aromatic rings. The lowest BCUT2D eigenvalue weighted by molar-refractivity contribution is -0.274. The average Bonchev–Trinajstić information content (AvgIpc) is 3.03. The van der Waals surface area contributed by atoms with Crippen LogP contribution in [0, 0.1) is 0 Å². The van der Waals surface area contributed by atoms with E-state index >= 15 is 0 Å². The molecule has 0 spiro atoms. The molecular weight excluding hydrogens is 452 g/mol. The van der Waals surface area contributed by atoms with Crippen LogP contribution in [-0.2, 0) is 12.7 Å². The second kappa shape index (κ2) is 8.36. The van der Waals surface area contributed by atoms with Crippen LogP contribution < -0.4 is 9.64 Å². The molecule has 0 saturated carbocycles. The van der Waals surface area contributed by atoms with Crippen LogP contribution in [-0.4, -0.2) is 54.2 Å². The normalized spacial score (nSPS) is 15.9. The highest BCUT2D eigenvalue weighted by Gasteiger charge is 2.36. The number of aromatic hydroxyl groups is 1. The summed E-state index contributed by atoms with van der Waals surface area (Å²) >= 11 is 0. The third kappa shape index (κ3) is 5.13. The van der Waals surface area contributed by atoms with Gasteiger partial charge in [0.05, 0.1) is 17.5 Å². The zero-order valence-electron chi connectivity index (χ0n) is 17.5. The number of likely N-dealkylation sites (N-methyl/N-ethyl adjacent to an activating group) is 1. The van der Waals surface area contributed by atoms with E-state index in [-0.39, 0.29) is 17.3 Å². The lowest BCUT2D eigenvalue weighted by Crippen LogP contribution is -2.44. The molecule has 4 rings (SSSR count). The van der Waals surface area contributed by atoms with Gasteiger partial charge in [-0.15, -0.1) is 13.2 Å². The van der Waals surface area contributed by atoms with Crippen molar-refractivity contribution in [2.75, 3.05) is 38.1 Å². The predicted molar refractivity (Wildman–Crippen MR) is 111 cm³/mol. The van der Waals surface area contributed by atoms with Crippen molar-refractivity contribution in [2.45, 2.75) is 19.1 Å². The number of fused-ring (bicyclic) bond motifs is 1. The van der Waals surface area contributed by atoms with Crippen molar-refractivity contribution in [1.82, 2.24) is 9.47 Å². The number of hydrogen-bond donors (Lipinski definition) is 1. The molecule has 0 aliphatic carbocycles. The molecule has 1 aliphatic heterocycles. The number of aromatic nitrogens is 1. The van der Waals surface area contributed by atoms with Crippen molar-refractivity contribution in [3.05, 3.63) is 53.7 Å². The summed E-state index contributed by atoms with van der Waals surface area (Å²) in [6, 6.07) is 7.59. The summed E-state index contributed by atoms with van der Waals surface area (Å²) in [5.41, 5.74) is -0.0270. The number of anilines is 1. The summed E-state index contributed by atoms with van der Waals surface area (Å²) in [5, 5.41) is 10.5. The molecule has 2 aromatic carbocycles. The van der Waals surface area contributed by atoms with Gasteiger partial charge in [0.15, 0.2) is 5.88 Å². The summed E-state index contributed by atoms with van der Waals surface area (Å²) in [7, 11) is 1.95. The maximum atomic E-state index is 13.9. The van der Waals surface area contributed by atoms with Gasteiger partial charge in [0.2, 0.25) is 0 Å². The molecule has 0 bridgehead atoms. The van der Waals surface area contributed by atoms with Gasteiger partial charge in [0, 0.05) is 43.4 Å². The Morgan fingerprint density at radius 3 is 2.15 bits per heavy atom. The quantitative estimate of drug-likeness (QED) is 0.538. The van der Waals surface area contributed by atoms with Crippen LogP contribution in [0.2, 0.25) is 0 Å². The molecule has 0 amide bonds. The largest absolute Gasteiger partial charge is 0.573 e. The van der Waals surface area contributed by atoms with Crippen LogP contribution in [0.1, 0.15) is 11.1 Å². The van der Waals surface area contributed by atoms with Crippen LogP contribution in [0.15, 0.2) is 42.6 Å². The number of piperazine rings is 1. The molecule has 0 atom stereocenters. The first-order valence-corrected chi connectivity index (χ1v) is 10.1. The zero-order valence-corrected chi connectivity index (χ0v) is 17.5. The van der Waals surface area contributed by atoms with Gasteiger partial charge in [-0.3, -0.25) is 0 Å². The molecule has 1 aliphatic rings. The van der Waals surface area contributed by atoms with E-state index in [9.17, 15) is 31.4 Å². The molecule has 178 valence electrons. The van der Waals surface area contributed by atoms with E-state index in [0.29, 0.717) is 24.3 Å². The summed E-state index contributed by atoms with van der Waals surface area (Å²) < 4.78 is 83.6. The number of ether oxygens (including phenoxy) is 1. The lowest BCUT2D eigenvalue weighted by Gasteiger charge is -2.34. The maximum absolute atomic E-state index is 13.9. The Morgan fingerprint density at radius 1 is 0.939 bits per heavy atom. The van der Waals surface area contributed by atoms with Crippen molar-refractivity contribution >= 4 is 16.5 Å². The van der Waals surface area contributed by atoms with Crippen molar-refractivity contribution in [2.24, 2.45) is 0 Å². The fourth-order valence-corrected chi connectivity index (χ4v) is 3.96. The topological polar surface area (TPSA) is 40.9 Å². The third-order valence-electron chi connectivity index (χ3n) is 5.63. The Balaban J connectivity index is 1.68. The van der Waals surface area contributed by atoms with Crippen molar-refractivity contribution in [3.8, 4) is 11.6 Å². The van der Waals surface area contributed by atoms with Gasteiger partial charge in [0.1, 0.15) is 5.75 Å². The van der Waals surface area contributed by atoms with Crippen LogP contribution in [0.4, 0.5) is 32.0 Å². The first kappa shape index (κ1) is 23.1. The van der Waals surface area contributed by atoms with Crippen molar-refractivity contribution in [1.29, 1.82) is 0 Å². The predicted octanol–water partition coefficient (Wildman–Crippen LogP) is 5.06. The highest BCUT2D eigenvalue weighted by Crippen LogP contribution is 2.42. The zero-order chi connectivity index (χ0) is 24.0. The number of hydrogen-bond acceptors (Lipinski definition) is 4. The van der Waals surface area contributed by atoms with Crippen LogP contribution in [0.5, 0.6) is 11.6 Å². The Kier molecular flexibility index (Phi) is 5.85. The number of benzene rings is 2. The van der Waals surface area contributed by atoms with E-state index in [4.69, 9.17) is 0 Å². The molecule has 33 heavy (non-hydrogen) atoms. The van der Waals surface area contributed by atoms with E-state index < -0.39 is 29.7 Å². The lowest BCUT2D eigenvalue weighted by atomic mass is 10.1. The first-order chi connectivity index (χ1) is 15.4. The second-order valence-electron chi connectivity index (χ2n) is 8.02. The Hall–Kier alpha value is -3.08. The monoisotopic (exact) mass is 473 g/mol. The van der Waals surface area contributed by atoms with Crippen LogP contribution in [0.25, 0.3) is 10.8 Å². The standard InChI is InChI=1S/C22H21F6N3O2/c1-29-6-8-30(9-7-29)16-10-15-13-31(20(32)19(15)18(11-16)21(23,24)25)12-14-2-4-17(5-3-14)33-22(26,27)28/h2-5,10-11,13,32H,6-9,12H2,1H3. The van der Waals surface area contributed by atoms with Crippen molar-refractivity contribution < 1.29 is 36.2 Å². The van der Waals surface area contributed by atoms with Crippen LogP contribution in [0.3, 0.4) is 0 Å². The smallest absolute Gasteiger partial charge is 0.494 e. The van der Waals surface area contributed by atoms with E-state index in [1.165, 1.54) is 22.9 Å². The number of halogens is 6. The summed E-state index contributed by atoms with van der Waals surface area (Å²) in [4.78, 5) is 3.97. The molecule has 5 nitrogen and oxygen atoms in total. The SMILES string of the molecule is CN1CCN(c2cc(C(F)(F)F)c3c(O)n(Cc4ccc(OC(F)(F)F)cc4)cc3c2)CC1. The molecule has 0 unspecified atom stereocenters. The summed E-state index contributed by atoms with van der Waals surface area (Å²) in [6.07, 6.45) is -8.09. The first-order valence-electron chi connectivity index (χ1n) is 10.1. The molecule has 2 heterocycles. The van der Waals surface area contributed by atoms with Gasteiger partial charge < -0.3 is 24.2 Å². The Morgan fingerprint density at radius 2 is 1.58 bits per heavy atom. The highest BCUT2D eigenvalue weighted by atomic mass is 19.4. The van der Waals surface area contributed by atoms with E-state index in [0.717, 1.165) is 31.3 Å². The summed E-state index contributed by atoms with van der Waals surface area (Å²) in [5.74, 6) is -0.970. The van der Waals surface area contributed by atoms with E-state index in [1.54, 1.807) is 6.07 Å². The minimum absolute atomic E-state index is 0.0338. The van der Waals surface area contributed by atoms with Gasteiger partial charge in [-0.05, 0) is 36.9 Å². The molecule has 11 heteroatoms. The van der Waals surface area contributed by atoms with Gasteiger partial charge in [-0.2, -0.15) is 13.2 Å². The second-order valence-corrected chi connectivity index (χ2v) is 8.02. The fraction of sp³-hybridized carbons (Fsp3) is 0.364. The minimum atomic E-state index is -4.83. The molecule has 1 N–H and O–H groups in total. The number of nitrogens with zero attached hydrogens (tertiary/aromatic N) is 3. The van der Waals surface area contributed by atoms with E-state index in [2.05, 4.69) is 9.64 Å². The fourth-order valence-electron chi connectivity index (χ4n) is 3.96. The van der Waals surface area contributed by atoms with E-state index in [1.807, 2.05) is 11.9 Å². The highest BCUT2D eigenvalue weighted by molar-refractivity contribution is 5.94. The van der Waals surface area contributed by atoms with Gasteiger partial charge in [-0.25, -0.2) is 0 Å². The molecular formula is C22H21F6N3O2. The summed E-state index contributed by atoms with van der Waals surface area (Å²) in [6.45, 7) is 2.57. The Bertz CT molecular complexity index is 1130. The van der Waals surface area contributed by atoms with Crippen LogP contribution >= 0.6 is 0 Å². The maximum Gasteiger partial charge on any atom is 0.573 e. The van der Waals surface area contributed by atoms with Crippen molar-refractivity contribution in [3.63, 3.8) is 0 Å². The van der Waals surface area contributed by atoms with Gasteiger partial charge in [-0.1, -0.05) is 12.1 Å². The molecule has 0 radical (unpaired) electrons. The van der Waals surface area contributed by atoms with Gasteiger partial charge in [0.25, 0.3) is 0 Å². The number of alkyl halides is 6. The molecule has 1 aromatic heterocycles. The average molecular weight is 473 g/mol. The third-order valence-corrected chi connectivity index (χ3v) is 5.63.